The zero-order valence-corrected chi connectivity index (χ0v) is 14.7. The summed E-state index contributed by atoms with van der Waals surface area (Å²) in [5, 5.41) is -0.0358. The summed E-state index contributed by atoms with van der Waals surface area (Å²) in [4.78, 5) is 12.3. The second kappa shape index (κ2) is 8.97. The van der Waals surface area contributed by atoms with Crippen molar-refractivity contribution in [1.82, 2.24) is 0 Å². The number of carbonyl (C=O) groups is 1. The molecule has 2 fully saturated rings. The molecule has 3 rings (SSSR count). The van der Waals surface area contributed by atoms with E-state index in [2.05, 4.69) is 0 Å². The Hall–Kier alpha value is -0.690. The molecule has 2 aliphatic rings. The normalized spacial score (nSPS) is 28.3. The van der Waals surface area contributed by atoms with Crippen LogP contribution in [0.1, 0.15) is 12.0 Å². The molecule has 2 saturated heterocycles. The van der Waals surface area contributed by atoms with Crippen LogP contribution in [-0.2, 0) is 25.6 Å². The van der Waals surface area contributed by atoms with Gasteiger partial charge in [0.15, 0.2) is 0 Å². The average Bonchev–Trinajstić information content (AvgIpc) is 2.62. The number of hydrogen-bond donors (Lipinski definition) is 0. The molecular weight excluding hydrogens is 332 g/mol. The van der Waals surface area contributed by atoms with Gasteiger partial charge in [-0.25, -0.2) is 0 Å². The molecule has 0 radical (unpaired) electrons. The molecule has 0 saturated carbocycles. The number of benzene rings is 1. The summed E-state index contributed by atoms with van der Waals surface area (Å²) >= 11 is 3.53. The van der Waals surface area contributed by atoms with Crippen molar-refractivity contribution in [3.05, 3.63) is 35.9 Å². The maximum absolute atomic E-state index is 12.3. The number of esters is 1. The number of thioether (sulfide) groups is 2. The van der Waals surface area contributed by atoms with E-state index in [4.69, 9.17) is 14.2 Å². The summed E-state index contributed by atoms with van der Waals surface area (Å²) in [6, 6.07) is 10.0. The number of ether oxygens (including phenoxy) is 3. The van der Waals surface area contributed by atoms with E-state index in [1.165, 1.54) is 0 Å². The van der Waals surface area contributed by atoms with E-state index in [-0.39, 0.29) is 23.4 Å². The molecule has 0 spiro atoms. The predicted octanol–water partition coefficient (Wildman–Crippen LogP) is 2.75. The van der Waals surface area contributed by atoms with Crippen molar-refractivity contribution in [2.75, 3.05) is 30.5 Å². The molecule has 2 heterocycles. The third-order valence-corrected chi connectivity index (χ3v) is 6.63. The maximum atomic E-state index is 12.3. The minimum absolute atomic E-state index is 0.0358. The Kier molecular flexibility index (Phi) is 6.68. The van der Waals surface area contributed by atoms with Gasteiger partial charge >= 0.3 is 5.97 Å². The lowest BCUT2D eigenvalue weighted by Gasteiger charge is -2.32. The molecule has 1 aromatic rings. The third-order valence-electron chi connectivity index (χ3n) is 3.90. The van der Waals surface area contributed by atoms with Crippen molar-refractivity contribution in [2.24, 2.45) is 0 Å². The molecule has 3 unspecified atom stereocenters. The van der Waals surface area contributed by atoms with Gasteiger partial charge in [-0.3, -0.25) is 4.79 Å². The molecule has 0 N–H and O–H groups in total. The van der Waals surface area contributed by atoms with Crippen LogP contribution < -0.4 is 0 Å². The quantitative estimate of drug-likeness (QED) is 0.758. The minimum Gasteiger partial charge on any atom is -0.459 e. The highest BCUT2D eigenvalue weighted by atomic mass is 32.2. The largest absolute Gasteiger partial charge is 0.459 e. The Balaban J connectivity index is 1.52. The molecule has 2 aliphatic heterocycles. The highest BCUT2D eigenvalue weighted by Crippen LogP contribution is 2.26. The fourth-order valence-electron chi connectivity index (χ4n) is 2.61. The highest BCUT2D eigenvalue weighted by molar-refractivity contribution is 8.07. The van der Waals surface area contributed by atoms with E-state index in [0.29, 0.717) is 26.2 Å². The molecule has 4 nitrogen and oxygen atoms in total. The van der Waals surface area contributed by atoms with E-state index in [9.17, 15) is 4.79 Å². The van der Waals surface area contributed by atoms with Crippen molar-refractivity contribution in [2.45, 2.75) is 30.5 Å². The first kappa shape index (κ1) is 17.1. The van der Waals surface area contributed by atoms with Crippen LogP contribution >= 0.6 is 23.5 Å². The Bertz CT molecular complexity index is 491. The summed E-state index contributed by atoms with van der Waals surface area (Å²) in [6.07, 6.45) is 0.317. The number of hydrogen-bond acceptors (Lipinski definition) is 6. The minimum atomic E-state index is -0.201. The van der Waals surface area contributed by atoms with Crippen molar-refractivity contribution in [3.63, 3.8) is 0 Å². The van der Waals surface area contributed by atoms with Gasteiger partial charge in [-0.2, -0.15) is 11.8 Å². The van der Waals surface area contributed by atoms with E-state index >= 15 is 0 Å². The standard InChI is InChI=1S/C17H22O4S2/c18-17(16-12-22-8-9-23-16)21-14-6-7-19-11-15(14)20-10-13-4-2-1-3-5-13/h1-5,14-16H,6-12H2. The monoisotopic (exact) mass is 354 g/mol. The van der Waals surface area contributed by atoms with Crippen LogP contribution in [0.4, 0.5) is 0 Å². The Morgan fingerprint density at radius 2 is 2.09 bits per heavy atom. The SMILES string of the molecule is O=C(OC1CCOCC1OCc1ccccc1)C1CSCCS1. The number of carbonyl (C=O) groups excluding carboxylic acids is 1. The Morgan fingerprint density at radius 1 is 1.22 bits per heavy atom. The molecule has 3 atom stereocenters. The molecule has 126 valence electrons. The van der Waals surface area contributed by atoms with Crippen LogP contribution in [0.3, 0.4) is 0 Å². The first-order valence-electron chi connectivity index (χ1n) is 7.96. The van der Waals surface area contributed by atoms with Crippen molar-refractivity contribution in [3.8, 4) is 0 Å². The van der Waals surface area contributed by atoms with E-state index in [1.54, 1.807) is 11.8 Å². The van der Waals surface area contributed by atoms with Crippen LogP contribution in [0.2, 0.25) is 0 Å². The van der Waals surface area contributed by atoms with Gasteiger partial charge in [-0.1, -0.05) is 30.3 Å². The zero-order chi connectivity index (χ0) is 15.9. The second-order valence-electron chi connectivity index (χ2n) is 5.61. The van der Waals surface area contributed by atoms with Gasteiger partial charge in [0, 0.05) is 23.7 Å². The Labute approximate surface area is 145 Å². The zero-order valence-electron chi connectivity index (χ0n) is 13.0. The smallest absolute Gasteiger partial charge is 0.320 e. The summed E-state index contributed by atoms with van der Waals surface area (Å²) in [6.45, 7) is 1.62. The van der Waals surface area contributed by atoms with E-state index < -0.39 is 0 Å². The van der Waals surface area contributed by atoms with Crippen LogP contribution in [-0.4, -0.2) is 53.9 Å². The number of rotatable bonds is 5. The molecule has 0 aliphatic carbocycles. The lowest BCUT2D eigenvalue weighted by atomic mass is 10.1. The van der Waals surface area contributed by atoms with Crippen LogP contribution in [0.25, 0.3) is 0 Å². The molecular formula is C17H22O4S2. The van der Waals surface area contributed by atoms with Crippen molar-refractivity contribution < 1.29 is 19.0 Å². The van der Waals surface area contributed by atoms with Gasteiger partial charge in [-0.05, 0) is 5.56 Å². The van der Waals surface area contributed by atoms with Crippen LogP contribution in [0, 0.1) is 0 Å². The van der Waals surface area contributed by atoms with Gasteiger partial charge in [0.05, 0.1) is 19.8 Å². The molecule has 23 heavy (non-hydrogen) atoms. The average molecular weight is 354 g/mol. The summed E-state index contributed by atoms with van der Waals surface area (Å²) in [5.41, 5.74) is 1.11. The summed E-state index contributed by atoms with van der Waals surface area (Å²) in [7, 11) is 0. The predicted molar refractivity (Wildman–Crippen MR) is 93.9 cm³/mol. The van der Waals surface area contributed by atoms with Gasteiger partial charge in [0.25, 0.3) is 0 Å². The van der Waals surface area contributed by atoms with Gasteiger partial charge < -0.3 is 14.2 Å². The van der Waals surface area contributed by atoms with Gasteiger partial charge in [0.2, 0.25) is 0 Å². The third kappa shape index (κ3) is 5.14. The summed E-state index contributed by atoms with van der Waals surface area (Å²) in [5.74, 6) is 2.89. The van der Waals surface area contributed by atoms with Crippen molar-refractivity contribution in [1.29, 1.82) is 0 Å². The first-order valence-corrected chi connectivity index (χ1v) is 10.2. The summed E-state index contributed by atoms with van der Waals surface area (Å²) < 4.78 is 17.2. The van der Waals surface area contributed by atoms with Gasteiger partial charge in [-0.15, -0.1) is 11.8 Å². The fourth-order valence-corrected chi connectivity index (χ4v) is 5.13. The molecule has 0 amide bonds. The maximum Gasteiger partial charge on any atom is 0.320 e. The molecule has 6 heteroatoms. The topological polar surface area (TPSA) is 44.8 Å². The van der Waals surface area contributed by atoms with E-state index in [1.807, 2.05) is 42.1 Å². The second-order valence-corrected chi connectivity index (χ2v) is 8.07. The molecule has 0 bridgehead atoms. The van der Waals surface area contributed by atoms with E-state index in [0.717, 1.165) is 22.8 Å². The highest BCUT2D eigenvalue weighted by Gasteiger charge is 2.33. The van der Waals surface area contributed by atoms with Crippen molar-refractivity contribution >= 4 is 29.5 Å². The van der Waals surface area contributed by atoms with Crippen LogP contribution in [0.15, 0.2) is 30.3 Å². The molecule has 0 aromatic heterocycles. The van der Waals surface area contributed by atoms with Crippen LogP contribution in [0.5, 0.6) is 0 Å². The Morgan fingerprint density at radius 3 is 2.87 bits per heavy atom. The molecule has 1 aromatic carbocycles. The van der Waals surface area contributed by atoms with Gasteiger partial charge in [0.1, 0.15) is 17.5 Å². The fraction of sp³-hybridized carbons (Fsp3) is 0.588. The first-order chi connectivity index (χ1) is 11.3. The lowest BCUT2D eigenvalue weighted by molar-refractivity contribution is -0.172. The lowest BCUT2D eigenvalue weighted by Crippen LogP contribution is -2.43.